The summed E-state index contributed by atoms with van der Waals surface area (Å²) in [6.45, 7) is 11.5. The topological polar surface area (TPSA) is 38.1 Å². The molecule has 0 N–H and O–H groups in total. The predicted molar refractivity (Wildman–Crippen MR) is 76.7 cm³/mol. The largest absolute Gasteiger partial charge is 0.341 e. The summed E-state index contributed by atoms with van der Waals surface area (Å²) in [5, 5.41) is 4.48. The van der Waals surface area contributed by atoms with Gasteiger partial charge in [-0.3, -0.25) is 9.48 Å². The molecule has 0 aliphatic carbocycles. The number of halogens is 1. The first-order valence-corrected chi connectivity index (χ1v) is 7.27. The van der Waals surface area contributed by atoms with Crippen LogP contribution in [0.4, 0.5) is 0 Å². The van der Waals surface area contributed by atoms with Gasteiger partial charge in [0, 0.05) is 13.1 Å². The molecule has 0 saturated carbocycles. The molecule has 18 heavy (non-hydrogen) atoms. The molecular weight excluding hydrogens is 294 g/mol. The van der Waals surface area contributed by atoms with Crippen LogP contribution in [0, 0.1) is 13.8 Å². The van der Waals surface area contributed by atoms with E-state index in [1.165, 1.54) is 0 Å². The lowest BCUT2D eigenvalue weighted by Crippen LogP contribution is -2.37. The Labute approximate surface area is 117 Å². The summed E-state index contributed by atoms with van der Waals surface area (Å²) in [6, 6.07) is -0.199. The van der Waals surface area contributed by atoms with Gasteiger partial charge in [0.15, 0.2) is 0 Å². The lowest BCUT2D eigenvalue weighted by Gasteiger charge is -2.25. The number of aromatic nitrogens is 2. The third kappa shape index (κ3) is 2.76. The Balaban J connectivity index is 3.09. The summed E-state index contributed by atoms with van der Waals surface area (Å²) in [6.07, 6.45) is 0.754. The number of aryl methyl sites for hydroxylation is 1. The minimum absolute atomic E-state index is 0.153. The van der Waals surface area contributed by atoms with E-state index in [2.05, 4.69) is 21.0 Å². The zero-order chi connectivity index (χ0) is 13.9. The van der Waals surface area contributed by atoms with E-state index in [1.807, 2.05) is 44.2 Å². The van der Waals surface area contributed by atoms with Crippen LogP contribution in [0.2, 0.25) is 0 Å². The van der Waals surface area contributed by atoms with E-state index in [0.717, 1.165) is 35.4 Å². The van der Waals surface area contributed by atoms with Crippen molar-refractivity contribution in [1.82, 2.24) is 14.7 Å². The van der Waals surface area contributed by atoms with E-state index in [-0.39, 0.29) is 11.9 Å². The van der Waals surface area contributed by atoms with Crippen LogP contribution < -0.4 is 0 Å². The Morgan fingerprint density at radius 2 is 1.89 bits per heavy atom. The second kappa shape index (κ2) is 6.36. The Hall–Kier alpha value is -0.840. The average molecular weight is 316 g/mol. The van der Waals surface area contributed by atoms with Crippen LogP contribution in [-0.2, 0) is 4.79 Å². The number of hydrogen-bond acceptors (Lipinski definition) is 2. The van der Waals surface area contributed by atoms with E-state index in [0.29, 0.717) is 0 Å². The van der Waals surface area contributed by atoms with Crippen LogP contribution in [0.3, 0.4) is 0 Å². The molecule has 1 aromatic rings. The minimum atomic E-state index is -0.199. The van der Waals surface area contributed by atoms with Crippen molar-refractivity contribution in [2.75, 3.05) is 13.1 Å². The molecule has 1 unspecified atom stereocenters. The molecule has 1 amide bonds. The molecule has 1 aromatic heterocycles. The van der Waals surface area contributed by atoms with Gasteiger partial charge < -0.3 is 4.90 Å². The standard InChI is InChI=1S/C13H22BrN3O/c1-6-11(13(18)16(7-2)8-3)17-10(5)12(14)9(4)15-17/h11H,6-8H2,1-5H3. The third-order valence-electron chi connectivity index (χ3n) is 3.28. The van der Waals surface area contributed by atoms with Gasteiger partial charge in [0.05, 0.1) is 15.9 Å². The van der Waals surface area contributed by atoms with Crippen LogP contribution >= 0.6 is 15.9 Å². The molecule has 1 atom stereocenters. The van der Waals surface area contributed by atoms with Crippen molar-refractivity contribution in [2.45, 2.75) is 47.1 Å². The van der Waals surface area contributed by atoms with Crippen molar-refractivity contribution >= 4 is 21.8 Å². The lowest BCUT2D eigenvalue weighted by atomic mass is 10.2. The molecule has 0 aromatic carbocycles. The summed E-state index contributed by atoms with van der Waals surface area (Å²) in [4.78, 5) is 14.3. The van der Waals surface area contributed by atoms with Gasteiger partial charge in [-0.05, 0) is 50.0 Å². The summed E-state index contributed by atoms with van der Waals surface area (Å²) in [5.74, 6) is 0.153. The van der Waals surface area contributed by atoms with Crippen molar-refractivity contribution in [3.8, 4) is 0 Å². The number of carbonyl (C=O) groups is 1. The van der Waals surface area contributed by atoms with Crippen LogP contribution in [0.1, 0.15) is 44.6 Å². The zero-order valence-corrected chi connectivity index (χ0v) is 13.4. The maximum atomic E-state index is 12.5. The highest BCUT2D eigenvalue weighted by Gasteiger charge is 2.25. The van der Waals surface area contributed by atoms with Crippen LogP contribution in [0.25, 0.3) is 0 Å². The highest BCUT2D eigenvalue weighted by atomic mass is 79.9. The number of amides is 1. The molecule has 0 fully saturated rings. The van der Waals surface area contributed by atoms with Gasteiger partial charge >= 0.3 is 0 Å². The molecular formula is C13H22BrN3O. The SMILES string of the molecule is CCC(C(=O)N(CC)CC)n1nc(C)c(Br)c1C. The molecule has 0 bridgehead atoms. The van der Waals surface area contributed by atoms with Gasteiger partial charge in [0.25, 0.3) is 0 Å². The summed E-state index contributed by atoms with van der Waals surface area (Å²) in [7, 11) is 0. The first-order valence-electron chi connectivity index (χ1n) is 6.47. The highest BCUT2D eigenvalue weighted by molar-refractivity contribution is 9.10. The summed E-state index contributed by atoms with van der Waals surface area (Å²) < 4.78 is 2.84. The molecule has 1 rings (SSSR count). The molecule has 0 radical (unpaired) electrons. The van der Waals surface area contributed by atoms with Gasteiger partial charge in [-0.2, -0.15) is 5.10 Å². The smallest absolute Gasteiger partial charge is 0.247 e. The number of hydrogen-bond donors (Lipinski definition) is 0. The van der Waals surface area contributed by atoms with Crippen LogP contribution in [0.5, 0.6) is 0 Å². The van der Waals surface area contributed by atoms with Crippen LogP contribution in [-0.4, -0.2) is 33.7 Å². The van der Waals surface area contributed by atoms with E-state index in [1.54, 1.807) is 0 Å². The van der Waals surface area contributed by atoms with Gasteiger partial charge in [-0.1, -0.05) is 6.92 Å². The van der Waals surface area contributed by atoms with Crippen molar-refractivity contribution < 1.29 is 4.79 Å². The number of nitrogens with zero attached hydrogens (tertiary/aromatic N) is 3. The Kier molecular flexibility index (Phi) is 5.38. The van der Waals surface area contributed by atoms with Gasteiger partial charge in [-0.15, -0.1) is 0 Å². The van der Waals surface area contributed by atoms with E-state index >= 15 is 0 Å². The molecule has 0 saturated heterocycles. The minimum Gasteiger partial charge on any atom is -0.341 e. The Morgan fingerprint density at radius 1 is 1.33 bits per heavy atom. The number of likely N-dealkylation sites (N-methyl/N-ethyl adjacent to an activating group) is 1. The maximum absolute atomic E-state index is 12.5. The third-order valence-corrected chi connectivity index (χ3v) is 4.43. The van der Waals surface area contributed by atoms with Crippen molar-refractivity contribution in [3.05, 3.63) is 15.9 Å². The second-order valence-corrected chi connectivity index (χ2v) is 5.16. The van der Waals surface area contributed by atoms with E-state index in [9.17, 15) is 4.79 Å². The van der Waals surface area contributed by atoms with Gasteiger partial charge in [-0.25, -0.2) is 0 Å². The quantitative estimate of drug-likeness (QED) is 0.837. The van der Waals surface area contributed by atoms with Crippen LogP contribution in [0.15, 0.2) is 4.47 Å². The Bertz CT molecular complexity index is 424. The Morgan fingerprint density at radius 3 is 2.22 bits per heavy atom. The molecule has 0 spiro atoms. The molecule has 0 aliphatic heterocycles. The lowest BCUT2D eigenvalue weighted by molar-refractivity contribution is -0.134. The first-order chi connectivity index (χ1) is 8.47. The fourth-order valence-electron chi connectivity index (χ4n) is 2.14. The van der Waals surface area contributed by atoms with Crippen molar-refractivity contribution in [2.24, 2.45) is 0 Å². The molecule has 102 valence electrons. The van der Waals surface area contributed by atoms with E-state index in [4.69, 9.17) is 0 Å². The van der Waals surface area contributed by atoms with Crippen molar-refractivity contribution in [1.29, 1.82) is 0 Å². The predicted octanol–water partition coefficient (Wildman–Crippen LogP) is 3.08. The highest BCUT2D eigenvalue weighted by Crippen LogP contribution is 2.25. The number of rotatable bonds is 5. The molecule has 1 heterocycles. The van der Waals surface area contributed by atoms with Crippen molar-refractivity contribution in [3.63, 3.8) is 0 Å². The van der Waals surface area contributed by atoms with Gasteiger partial charge in [0.2, 0.25) is 5.91 Å². The monoisotopic (exact) mass is 315 g/mol. The summed E-state index contributed by atoms with van der Waals surface area (Å²) in [5.41, 5.74) is 1.94. The molecule has 4 nitrogen and oxygen atoms in total. The average Bonchev–Trinajstić information content (AvgIpc) is 2.60. The first kappa shape index (κ1) is 15.2. The second-order valence-electron chi connectivity index (χ2n) is 4.36. The number of carbonyl (C=O) groups excluding carboxylic acids is 1. The summed E-state index contributed by atoms with van der Waals surface area (Å²) >= 11 is 3.51. The molecule has 0 aliphatic rings. The van der Waals surface area contributed by atoms with E-state index < -0.39 is 0 Å². The normalized spacial score (nSPS) is 12.6. The van der Waals surface area contributed by atoms with Gasteiger partial charge in [0.1, 0.15) is 6.04 Å². The molecule has 5 heteroatoms. The fraction of sp³-hybridized carbons (Fsp3) is 0.692. The zero-order valence-electron chi connectivity index (χ0n) is 11.8. The fourth-order valence-corrected chi connectivity index (χ4v) is 2.41. The maximum Gasteiger partial charge on any atom is 0.247 e.